The molecule has 1 heterocycles. The van der Waals surface area contributed by atoms with Crippen LogP contribution in [-0.4, -0.2) is 15.5 Å². The maximum atomic E-state index is 11.9. The molecule has 0 bridgehead atoms. The number of aryl methyl sites for hydroxylation is 1. The van der Waals surface area contributed by atoms with Crippen molar-refractivity contribution in [2.45, 2.75) is 13.0 Å². The summed E-state index contributed by atoms with van der Waals surface area (Å²) in [7, 11) is 0. The summed E-state index contributed by atoms with van der Waals surface area (Å²) in [5.41, 5.74) is 6.33. The molecule has 0 unspecified atom stereocenters. The Labute approximate surface area is 131 Å². The van der Waals surface area contributed by atoms with E-state index in [1.165, 1.54) is 18.3 Å². The van der Waals surface area contributed by atoms with Gasteiger partial charge in [0.15, 0.2) is 0 Å². The van der Waals surface area contributed by atoms with Crippen LogP contribution in [0, 0.1) is 11.3 Å². The number of hydrogen-bond acceptors (Lipinski definition) is 4. The van der Waals surface area contributed by atoms with Gasteiger partial charge >= 0.3 is 0 Å². The number of hydrogen-bond donors (Lipinski definition) is 2. The highest BCUT2D eigenvalue weighted by molar-refractivity contribution is 6.40. The first-order valence-electron chi connectivity index (χ1n) is 5.97. The lowest BCUT2D eigenvalue weighted by Gasteiger charge is -2.10. The van der Waals surface area contributed by atoms with E-state index in [0.717, 1.165) is 0 Å². The molecule has 0 aliphatic rings. The van der Waals surface area contributed by atoms with Crippen molar-refractivity contribution in [3.8, 4) is 6.07 Å². The van der Waals surface area contributed by atoms with Crippen LogP contribution in [0.3, 0.4) is 0 Å². The highest BCUT2D eigenvalue weighted by atomic mass is 35.5. The van der Waals surface area contributed by atoms with Crippen LogP contribution < -0.4 is 11.1 Å². The molecule has 6 nitrogen and oxygen atoms in total. The average molecular weight is 324 g/mol. The van der Waals surface area contributed by atoms with Crippen LogP contribution in [-0.2, 0) is 11.3 Å². The molecule has 2 rings (SSSR count). The number of nitrogen functional groups attached to an aromatic ring is 1. The Kier molecular flexibility index (Phi) is 4.68. The van der Waals surface area contributed by atoms with Gasteiger partial charge < -0.3 is 15.6 Å². The van der Waals surface area contributed by atoms with Gasteiger partial charge in [-0.15, -0.1) is 0 Å². The van der Waals surface area contributed by atoms with Crippen molar-refractivity contribution in [2.24, 2.45) is 0 Å². The molecular weight excluding hydrogens is 313 g/mol. The van der Waals surface area contributed by atoms with Crippen LogP contribution in [0.4, 0.5) is 11.4 Å². The largest absolute Gasteiger partial charge is 0.399 e. The van der Waals surface area contributed by atoms with Crippen LogP contribution in [0.5, 0.6) is 0 Å². The number of benzene rings is 1. The second-order valence-electron chi connectivity index (χ2n) is 4.21. The van der Waals surface area contributed by atoms with Crippen molar-refractivity contribution in [3.05, 3.63) is 40.4 Å². The maximum absolute atomic E-state index is 11.9. The summed E-state index contributed by atoms with van der Waals surface area (Å²) < 4.78 is 1.59. The van der Waals surface area contributed by atoms with Gasteiger partial charge in [-0.05, 0) is 12.1 Å². The van der Waals surface area contributed by atoms with Crippen molar-refractivity contribution in [2.75, 3.05) is 11.1 Å². The Hall–Kier alpha value is -2.23. The molecule has 21 heavy (non-hydrogen) atoms. The SMILES string of the molecule is N#Cc1nccn1CCC(=O)Nc1c(Cl)cc(N)cc1Cl. The Morgan fingerprint density at radius 2 is 2.10 bits per heavy atom. The van der Waals surface area contributed by atoms with Gasteiger partial charge in [0.25, 0.3) is 0 Å². The van der Waals surface area contributed by atoms with Gasteiger partial charge in [0.2, 0.25) is 11.7 Å². The molecule has 0 radical (unpaired) electrons. The Morgan fingerprint density at radius 3 is 2.71 bits per heavy atom. The van der Waals surface area contributed by atoms with E-state index >= 15 is 0 Å². The fourth-order valence-electron chi connectivity index (χ4n) is 1.74. The predicted molar refractivity (Wildman–Crippen MR) is 81.1 cm³/mol. The number of imidazole rings is 1. The van der Waals surface area contributed by atoms with Gasteiger partial charge in [0, 0.05) is 31.0 Å². The first-order chi connectivity index (χ1) is 10.0. The maximum Gasteiger partial charge on any atom is 0.226 e. The fraction of sp³-hybridized carbons (Fsp3) is 0.154. The molecule has 0 fully saturated rings. The number of nitrogens with one attached hydrogen (secondary N) is 1. The first-order valence-corrected chi connectivity index (χ1v) is 6.72. The molecular formula is C13H11Cl2N5O. The smallest absolute Gasteiger partial charge is 0.226 e. The van der Waals surface area contributed by atoms with E-state index in [9.17, 15) is 4.79 Å². The number of halogens is 2. The topological polar surface area (TPSA) is 96.7 Å². The lowest BCUT2D eigenvalue weighted by Crippen LogP contribution is -2.15. The van der Waals surface area contributed by atoms with Gasteiger partial charge in [-0.3, -0.25) is 4.79 Å². The van der Waals surface area contributed by atoms with Crippen LogP contribution in [0.25, 0.3) is 0 Å². The molecule has 1 amide bonds. The zero-order valence-electron chi connectivity index (χ0n) is 10.8. The third-order valence-corrected chi connectivity index (χ3v) is 3.32. The normalized spacial score (nSPS) is 10.1. The standard InChI is InChI=1S/C13H11Cl2N5O/c14-9-5-8(17)6-10(15)13(9)19-12(21)1-3-20-4-2-18-11(20)7-16/h2,4-6H,1,3,17H2,(H,19,21). The zero-order valence-corrected chi connectivity index (χ0v) is 12.3. The van der Waals surface area contributed by atoms with Gasteiger partial charge in [0.1, 0.15) is 6.07 Å². The van der Waals surface area contributed by atoms with E-state index < -0.39 is 0 Å². The number of amides is 1. The molecule has 0 aliphatic heterocycles. The Morgan fingerprint density at radius 1 is 1.43 bits per heavy atom. The summed E-state index contributed by atoms with van der Waals surface area (Å²) in [6.07, 6.45) is 3.29. The molecule has 8 heteroatoms. The van der Waals surface area contributed by atoms with Gasteiger partial charge in [-0.1, -0.05) is 23.2 Å². The quantitative estimate of drug-likeness (QED) is 0.845. The second kappa shape index (κ2) is 6.48. The molecule has 1 aromatic carbocycles. The molecule has 108 valence electrons. The number of aromatic nitrogens is 2. The minimum Gasteiger partial charge on any atom is -0.399 e. The molecule has 0 atom stereocenters. The summed E-state index contributed by atoms with van der Waals surface area (Å²) in [6.45, 7) is 0.332. The molecule has 3 N–H and O–H groups in total. The van der Waals surface area contributed by atoms with Crippen LogP contribution >= 0.6 is 23.2 Å². The summed E-state index contributed by atoms with van der Waals surface area (Å²) >= 11 is 12.0. The van der Waals surface area contributed by atoms with Crippen LogP contribution in [0.1, 0.15) is 12.2 Å². The van der Waals surface area contributed by atoms with Crippen molar-refractivity contribution in [3.63, 3.8) is 0 Å². The van der Waals surface area contributed by atoms with Crippen molar-refractivity contribution in [1.82, 2.24) is 9.55 Å². The van der Waals surface area contributed by atoms with Gasteiger partial charge in [-0.25, -0.2) is 4.98 Å². The molecule has 0 spiro atoms. The zero-order chi connectivity index (χ0) is 15.4. The minimum absolute atomic E-state index is 0.155. The summed E-state index contributed by atoms with van der Waals surface area (Å²) in [5, 5.41) is 12.0. The number of rotatable bonds is 4. The number of carbonyl (C=O) groups excluding carboxylic acids is 1. The molecule has 0 saturated carbocycles. The fourth-order valence-corrected chi connectivity index (χ4v) is 2.34. The Balaban J connectivity index is 2.02. The van der Waals surface area contributed by atoms with E-state index in [4.69, 9.17) is 34.2 Å². The second-order valence-corrected chi connectivity index (χ2v) is 5.03. The summed E-state index contributed by atoms with van der Waals surface area (Å²) in [4.78, 5) is 15.8. The summed E-state index contributed by atoms with van der Waals surface area (Å²) in [6, 6.07) is 4.95. The van der Waals surface area contributed by atoms with Crippen LogP contribution in [0.15, 0.2) is 24.5 Å². The minimum atomic E-state index is -0.277. The Bertz CT molecular complexity index is 697. The van der Waals surface area contributed by atoms with Gasteiger partial charge in [0.05, 0.1) is 15.7 Å². The van der Waals surface area contributed by atoms with Crippen molar-refractivity contribution in [1.29, 1.82) is 5.26 Å². The first kappa shape index (κ1) is 15.2. The highest BCUT2D eigenvalue weighted by Gasteiger charge is 2.11. The van der Waals surface area contributed by atoms with E-state index in [1.807, 2.05) is 6.07 Å². The summed E-state index contributed by atoms with van der Waals surface area (Å²) in [5.74, 6) is -0.0208. The van der Waals surface area contributed by atoms with Crippen molar-refractivity contribution < 1.29 is 4.79 Å². The van der Waals surface area contributed by atoms with Gasteiger partial charge in [-0.2, -0.15) is 5.26 Å². The highest BCUT2D eigenvalue weighted by Crippen LogP contribution is 2.32. The number of nitrogens with two attached hydrogens (primary N) is 1. The third kappa shape index (κ3) is 3.66. The lowest BCUT2D eigenvalue weighted by atomic mass is 10.2. The molecule has 0 saturated heterocycles. The molecule has 1 aromatic heterocycles. The van der Waals surface area contributed by atoms with Crippen LogP contribution in [0.2, 0.25) is 10.0 Å². The molecule has 0 aliphatic carbocycles. The van der Waals surface area contributed by atoms with E-state index in [-0.39, 0.29) is 28.2 Å². The average Bonchev–Trinajstić information content (AvgIpc) is 2.88. The lowest BCUT2D eigenvalue weighted by molar-refractivity contribution is -0.116. The van der Waals surface area contributed by atoms with E-state index in [0.29, 0.717) is 17.9 Å². The third-order valence-electron chi connectivity index (χ3n) is 2.72. The van der Waals surface area contributed by atoms with E-state index in [1.54, 1.807) is 10.8 Å². The number of nitriles is 1. The number of anilines is 2. The number of nitrogens with zero attached hydrogens (tertiary/aromatic N) is 3. The monoisotopic (exact) mass is 323 g/mol. The number of carbonyl (C=O) groups is 1. The predicted octanol–water partition coefficient (Wildman–Crippen LogP) is 2.67. The van der Waals surface area contributed by atoms with E-state index in [2.05, 4.69) is 10.3 Å². The van der Waals surface area contributed by atoms with Crippen molar-refractivity contribution >= 4 is 40.5 Å². The molecule has 2 aromatic rings.